The van der Waals surface area contributed by atoms with Crippen molar-refractivity contribution in [2.45, 2.75) is 39.3 Å². The highest BCUT2D eigenvalue weighted by Crippen LogP contribution is 2.30. The third-order valence-electron chi connectivity index (χ3n) is 3.16. The van der Waals surface area contributed by atoms with Gasteiger partial charge in [0.15, 0.2) is 0 Å². The Kier molecular flexibility index (Phi) is 6.12. The topological polar surface area (TPSA) is 41.3 Å². The fourth-order valence-corrected chi connectivity index (χ4v) is 2.27. The fraction of sp³-hybridized carbons (Fsp3) is 0.769. The Bertz CT molecular complexity index is 365. The quantitative estimate of drug-likeness (QED) is 0.830. The van der Waals surface area contributed by atoms with Crippen molar-refractivity contribution in [1.29, 1.82) is 0 Å². The van der Waals surface area contributed by atoms with Crippen LogP contribution in [0.15, 0.2) is 6.20 Å². The monoisotopic (exact) mass is 273 g/mol. The van der Waals surface area contributed by atoms with E-state index in [-0.39, 0.29) is 5.92 Å². The molecule has 18 heavy (non-hydrogen) atoms. The summed E-state index contributed by atoms with van der Waals surface area (Å²) in [7, 11) is 4.03. The summed E-state index contributed by atoms with van der Waals surface area (Å²) in [6, 6.07) is 0. The molecule has 2 unspecified atom stereocenters. The molecule has 0 amide bonds. The minimum Gasteiger partial charge on any atom is -0.386 e. The number of rotatable bonds is 7. The second kappa shape index (κ2) is 7.12. The fourth-order valence-electron chi connectivity index (χ4n) is 2.02. The van der Waals surface area contributed by atoms with Crippen molar-refractivity contribution in [3.05, 3.63) is 16.9 Å². The first-order chi connectivity index (χ1) is 8.47. The van der Waals surface area contributed by atoms with Gasteiger partial charge in [0.1, 0.15) is 0 Å². The van der Waals surface area contributed by atoms with E-state index in [2.05, 4.69) is 16.9 Å². The van der Waals surface area contributed by atoms with Crippen LogP contribution in [-0.2, 0) is 6.54 Å². The van der Waals surface area contributed by atoms with Crippen molar-refractivity contribution < 1.29 is 5.11 Å². The Hall–Kier alpha value is -0.580. The van der Waals surface area contributed by atoms with E-state index in [1.165, 1.54) is 0 Å². The number of halogens is 1. The van der Waals surface area contributed by atoms with Gasteiger partial charge in [-0.3, -0.25) is 4.68 Å². The third-order valence-corrected chi connectivity index (χ3v) is 3.45. The predicted octanol–water partition coefficient (Wildman–Crippen LogP) is 2.57. The van der Waals surface area contributed by atoms with Crippen LogP contribution >= 0.6 is 11.6 Å². The minimum absolute atomic E-state index is 0.197. The Labute approximate surface area is 115 Å². The van der Waals surface area contributed by atoms with E-state index in [1.807, 2.05) is 25.7 Å². The smallest absolute Gasteiger partial charge is 0.0997 e. The van der Waals surface area contributed by atoms with Crippen molar-refractivity contribution in [3.8, 4) is 0 Å². The van der Waals surface area contributed by atoms with E-state index < -0.39 is 6.10 Å². The molecule has 0 fully saturated rings. The van der Waals surface area contributed by atoms with Crippen LogP contribution in [0.5, 0.6) is 0 Å². The number of hydrogen-bond donors (Lipinski definition) is 1. The average Bonchev–Trinajstić information content (AvgIpc) is 2.67. The van der Waals surface area contributed by atoms with Gasteiger partial charge in [0.25, 0.3) is 0 Å². The van der Waals surface area contributed by atoms with E-state index in [4.69, 9.17) is 11.6 Å². The molecule has 1 aromatic rings. The molecule has 0 aliphatic carbocycles. The molecule has 0 aliphatic heterocycles. The van der Waals surface area contributed by atoms with Gasteiger partial charge >= 0.3 is 0 Å². The number of nitrogens with zero attached hydrogens (tertiary/aromatic N) is 3. The van der Waals surface area contributed by atoms with Gasteiger partial charge in [-0.2, -0.15) is 5.10 Å². The van der Waals surface area contributed by atoms with Gasteiger partial charge in [-0.1, -0.05) is 31.9 Å². The summed E-state index contributed by atoms with van der Waals surface area (Å²) in [5, 5.41) is 15.2. The third kappa shape index (κ3) is 3.97. The van der Waals surface area contributed by atoms with Crippen molar-refractivity contribution in [2.24, 2.45) is 5.92 Å². The standard InChI is InChI=1S/C13H24ClN3O/c1-5-6-10(2)13(18)12-11(14)9-15-17(12)8-7-16(3)4/h9-10,13,18H,5-8H2,1-4H3. The summed E-state index contributed by atoms with van der Waals surface area (Å²) in [5.41, 5.74) is 0.750. The molecule has 0 bridgehead atoms. The molecular formula is C13H24ClN3O. The first-order valence-corrected chi connectivity index (χ1v) is 6.89. The van der Waals surface area contributed by atoms with E-state index in [0.29, 0.717) is 5.02 Å². The Morgan fingerprint density at radius 1 is 1.50 bits per heavy atom. The van der Waals surface area contributed by atoms with Crippen LogP contribution in [0.3, 0.4) is 0 Å². The summed E-state index contributed by atoms with van der Waals surface area (Å²) in [6.45, 7) is 5.78. The molecule has 1 rings (SSSR count). The van der Waals surface area contributed by atoms with Gasteiger partial charge in [0.05, 0.1) is 29.6 Å². The summed E-state index contributed by atoms with van der Waals surface area (Å²) >= 11 is 6.14. The molecule has 0 aliphatic rings. The summed E-state index contributed by atoms with van der Waals surface area (Å²) in [5.74, 6) is 0.197. The molecule has 0 aromatic carbocycles. The molecule has 1 heterocycles. The van der Waals surface area contributed by atoms with Crippen molar-refractivity contribution in [3.63, 3.8) is 0 Å². The molecule has 0 saturated heterocycles. The van der Waals surface area contributed by atoms with E-state index in [9.17, 15) is 5.11 Å². The summed E-state index contributed by atoms with van der Waals surface area (Å²) in [4.78, 5) is 2.08. The second-order valence-electron chi connectivity index (χ2n) is 5.11. The zero-order valence-corrected chi connectivity index (χ0v) is 12.5. The zero-order chi connectivity index (χ0) is 13.7. The number of aromatic nitrogens is 2. The first kappa shape index (κ1) is 15.5. The van der Waals surface area contributed by atoms with Crippen LogP contribution in [0, 0.1) is 5.92 Å². The lowest BCUT2D eigenvalue weighted by Crippen LogP contribution is -2.22. The van der Waals surface area contributed by atoms with Crippen LogP contribution in [0.2, 0.25) is 5.02 Å². The highest BCUT2D eigenvalue weighted by atomic mass is 35.5. The lowest BCUT2D eigenvalue weighted by Gasteiger charge is -2.20. The maximum atomic E-state index is 10.4. The van der Waals surface area contributed by atoms with Crippen LogP contribution in [0.1, 0.15) is 38.5 Å². The second-order valence-corrected chi connectivity index (χ2v) is 5.52. The summed E-state index contributed by atoms with van der Waals surface area (Å²) in [6.07, 6.45) is 3.12. The molecular weight excluding hydrogens is 250 g/mol. The predicted molar refractivity (Wildman–Crippen MR) is 74.8 cm³/mol. The molecule has 4 nitrogen and oxygen atoms in total. The molecule has 1 aromatic heterocycles. The number of aliphatic hydroxyl groups is 1. The van der Waals surface area contributed by atoms with Crippen LogP contribution < -0.4 is 0 Å². The van der Waals surface area contributed by atoms with Gasteiger partial charge in [0, 0.05) is 6.54 Å². The minimum atomic E-state index is -0.540. The maximum absolute atomic E-state index is 10.4. The highest BCUT2D eigenvalue weighted by Gasteiger charge is 2.23. The number of likely N-dealkylation sites (N-methyl/N-ethyl adjacent to an activating group) is 1. The largest absolute Gasteiger partial charge is 0.386 e. The summed E-state index contributed by atoms with van der Waals surface area (Å²) < 4.78 is 1.82. The van der Waals surface area contributed by atoms with Crippen LogP contribution in [0.25, 0.3) is 0 Å². The molecule has 1 N–H and O–H groups in total. The lowest BCUT2D eigenvalue weighted by molar-refractivity contribution is 0.102. The van der Waals surface area contributed by atoms with Crippen LogP contribution in [-0.4, -0.2) is 40.4 Å². The maximum Gasteiger partial charge on any atom is 0.0997 e. The highest BCUT2D eigenvalue weighted by molar-refractivity contribution is 6.31. The van der Waals surface area contributed by atoms with Gasteiger partial charge in [0.2, 0.25) is 0 Å². The first-order valence-electron chi connectivity index (χ1n) is 6.51. The normalized spacial score (nSPS) is 15.1. The van der Waals surface area contributed by atoms with Crippen LogP contribution in [0.4, 0.5) is 0 Å². The average molecular weight is 274 g/mol. The Morgan fingerprint density at radius 2 is 2.17 bits per heavy atom. The van der Waals surface area contributed by atoms with Gasteiger partial charge < -0.3 is 10.0 Å². The van der Waals surface area contributed by atoms with Gasteiger partial charge in [-0.15, -0.1) is 0 Å². The zero-order valence-electron chi connectivity index (χ0n) is 11.7. The number of hydrogen-bond acceptors (Lipinski definition) is 3. The molecule has 5 heteroatoms. The van der Waals surface area contributed by atoms with Gasteiger partial charge in [-0.05, 0) is 26.4 Å². The molecule has 0 radical (unpaired) electrons. The van der Waals surface area contributed by atoms with E-state index in [0.717, 1.165) is 31.6 Å². The van der Waals surface area contributed by atoms with E-state index in [1.54, 1.807) is 6.20 Å². The van der Waals surface area contributed by atoms with Gasteiger partial charge in [-0.25, -0.2) is 0 Å². The SMILES string of the molecule is CCCC(C)C(O)c1c(Cl)cnn1CCN(C)C. The van der Waals surface area contributed by atoms with Crippen molar-refractivity contribution >= 4 is 11.6 Å². The number of aliphatic hydroxyl groups excluding tert-OH is 1. The molecule has 0 spiro atoms. The molecule has 2 atom stereocenters. The molecule has 104 valence electrons. The Balaban J connectivity index is 2.82. The van der Waals surface area contributed by atoms with Crippen molar-refractivity contribution in [1.82, 2.24) is 14.7 Å². The lowest BCUT2D eigenvalue weighted by atomic mass is 9.97. The molecule has 0 saturated carbocycles. The van der Waals surface area contributed by atoms with E-state index >= 15 is 0 Å². The van der Waals surface area contributed by atoms with Crippen molar-refractivity contribution in [2.75, 3.05) is 20.6 Å². The Morgan fingerprint density at radius 3 is 2.72 bits per heavy atom.